The van der Waals surface area contributed by atoms with Gasteiger partial charge in [0.1, 0.15) is 0 Å². The van der Waals surface area contributed by atoms with Crippen LogP contribution in [0, 0.1) is 0 Å². The van der Waals surface area contributed by atoms with E-state index < -0.39 is 0 Å². The number of amides is 1. The van der Waals surface area contributed by atoms with Crippen molar-refractivity contribution in [2.75, 3.05) is 7.05 Å². The Bertz CT molecular complexity index is 658. The van der Waals surface area contributed by atoms with E-state index in [2.05, 4.69) is 20.9 Å². The van der Waals surface area contributed by atoms with E-state index in [4.69, 9.17) is 5.73 Å². The molecule has 1 fully saturated rings. The zero-order valence-electron chi connectivity index (χ0n) is 10.5. The van der Waals surface area contributed by atoms with Crippen molar-refractivity contribution in [2.45, 2.75) is 18.5 Å². The van der Waals surface area contributed by atoms with Crippen LogP contribution in [-0.4, -0.2) is 28.9 Å². The summed E-state index contributed by atoms with van der Waals surface area (Å²) >= 11 is 3.53. The van der Waals surface area contributed by atoms with E-state index in [0.29, 0.717) is 6.42 Å². The number of likely N-dealkylation sites (N-methyl/N-ethyl adjacent to an activating group) is 1. The lowest BCUT2D eigenvalue weighted by Gasteiger charge is -2.24. The number of hydrogen-bond donors (Lipinski definition) is 1. The van der Waals surface area contributed by atoms with Crippen LogP contribution in [0.5, 0.6) is 0 Å². The first kappa shape index (κ1) is 12.6. The van der Waals surface area contributed by atoms with Crippen LogP contribution in [0.3, 0.4) is 0 Å². The summed E-state index contributed by atoms with van der Waals surface area (Å²) in [5.41, 5.74) is 8.03. The molecule has 1 aromatic carbocycles. The highest BCUT2D eigenvalue weighted by Crippen LogP contribution is 2.36. The average Bonchev–Trinajstić information content (AvgIpc) is 2.65. The third-order valence-electron chi connectivity index (χ3n) is 3.69. The van der Waals surface area contributed by atoms with Crippen LogP contribution in [0.15, 0.2) is 34.9 Å². The molecular formula is C14H14BrN3O. The number of benzene rings is 1. The van der Waals surface area contributed by atoms with Gasteiger partial charge in [0.25, 0.3) is 0 Å². The second kappa shape index (κ2) is 4.58. The molecule has 1 aromatic heterocycles. The number of nitrogens with zero attached hydrogens (tertiary/aromatic N) is 2. The predicted molar refractivity (Wildman–Crippen MR) is 77.5 cm³/mol. The van der Waals surface area contributed by atoms with Crippen molar-refractivity contribution in [3.8, 4) is 0 Å². The Balaban J connectivity index is 2.21. The van der Waals surface area contributed by atoms with Crippen molar-refractivity contribution in [2.24, 2.45) is 5.73 Å². The molecule has 2 aromatic rings. The Morgan fingerprint density at radius 1 is 1.42 bits per heavy atom. The van der Waals surface area contributed by atoms with Gasteiger partial charge < -0.3 is 10.6 Å². The third-order valence-corrected chi connectivity index (χ3v) is 4.38. The molecule has 0 spiro atoms. The van der Waals surface area contributed by atoms with Crippen molar-refractivity contribution in [3.63, 3.8) is 0 Å². The number of carbonyl (C=O) groups excluding carboxylic acids is 1. The van der Waals surface area contributed by atoms with Gasteiger partial charge in [-0.15, -0.1) is 0 Å². The minimum atomic E-state index is -0.177. The minimum absolute atomic E-state index is 0.0875. The van der Waals surface area contributed by atoms with Crippen LogP contribution in [0.4, 0.5) is 0 Å². The highest BCUT2D eigenvalue weighted by Gasteiger charge is 2.37. The van der Waals surface area contributed by atoms with Gasteiger partial charge in [-0.3, -0.25) is 9.78 Å². The summed E-state index contributed by atoms with van der Waals surface area (Å²) in [5, 5.41) is 1.04. The molecule has 3 rings (SSSR count). The van der Waals surface area contributed by atoms with Gasteiger partial charge in [0.2, 0.25) is 5.91 Å². The number of fused-ring (bicyclic) bond motifs is 1. The lowest BCUT2D eigenvalue weighted by Crippen LogP contribution is -2.30. The maximum absolute atomic E-state index is 11.8. The lowest BCUT2D eigenvalue weighted by atomic mass is 9.98. The molecule has 0 saturated carbocycles. The standard InChI is InChI=1S/C14H14BrN3O/c1-18-12(19)7-11(16)14(18)9-4-5-10(15)8-3-2-6-17-13(8)9/h2-6,11,14H,7,16H2,1H3. The number of aromatic nitrogens is 1. The highest BCUT2D eigenvalue weighted by molar-refractivity contribution is 9.10. The van der Waals surface area contributed by atoms with Crippen LogP contribution in [0.25, 0.3) is 10.9 Å². The van der Waals surface area contributed by atoms with Crippen LogP contribution in [-0.2, 0) is 4.79 Å². The average molecular weight is 320 g/mol. The number of likely N-dealkylation sites (tertiary alicyclic amines) is 1. The molecule has 2 N–H and O–H groups in total. The van der Waals surface area contributed by atoms with E-state index in [-0.39, 0.29) is 18.0 Å². The first-order valence-electron chi connectivity index (χ1n) is 6.14. The number of rotatable bonds is 1. The molecule has 0 bridgehead atoms. The van der Waals surface area contributed by atoms with E-state index in [1.165, 1.54) is 0 Å². The number of halogens is 1. The number of pyridine rings is 1. The predicted octanol–water partition coefficient (Wildman–Crippen LogP) is 2.23. The maximum Gasteiger partial charge on any atom is 0.224 e. The summed E-state index contributed by atoms with van der Waals surface area (Å²) in [7, 11) is 1.80. The van der Waals surface area contributed by atoms with Crippen molar-refractivity contribution >= 4 is 32.7 Å². The van der Waals surface area contributed by atoms with Crippen molar-refractivity contribution in [1.29, 1.82) is 0 Å². The first-order valence-corrected chi connectivity index (χ1v) is 6.93. The van der Waals surface area contributed by atoms with Crippen molar-refractivity contribution in [1.82, 2.24) is 9.88 Å². The second-order valence-electron chi connectivity index (χ2n) is 4.85. The minimum Gasteiger partial charge on any atom is -0.337 e. The van der Waals surface area contributed by atoms with Crippen molar-refractivity contribution < 1.29 is 4.79 Å². The van der Waals surface area contributed by atoms with E-state index >= 15 is 0 Å². The smallest absolute Gasteiger partial charge is 0.224 e. The number of nitrogens with two attached hydrogens (primary N) is 1. The Hall–Kier alpha value is -1.46. The van der Waals surface area contributed by atoms with E-state index in [1.807, 2.05) is 24.3 Å². The van der Waals surface area contributed by atoms with E-state index in [9.17, 15) is 4.79 Å². The SMILES string of the molecule is CN1C(=O)CC(N)C1c1ccc(Br)c2cccnc12. The summed E-state index contributed by atoms with van der Waals surface area (Å²) in [6, 6.07) is 7.63. The molecule has 19 heavy (non-hydrogen) atoms. The molecule has 2 atom stereocenters. The van der Waals surface area contributed by atoms with Gasteiger partial charge in [-0.05, 0) is 12.1 Å². The molecule has 4 nitrogen and oxygen atoms in total. The zero-order chi connectivity index (χ0) is 13.6. The summed E-state index contributed by atoms with van der Waals surface area (Å²) < 4.78 is 1.000. The molecular weight excluding hydrogens is 306 g/mol. The molecule has 5 heteroatoms. The summed E-state index contributed by atoms with van der Waals surface area (Å²) in [6.45, 7) is 0. The Morgan fingerprint density at radius 2 is 2.21 bits per heavy atom. The Labute approximate surface area is 119 Å². The molecule has 98 valence electrons. The summed E-state index contributed by atoms with van der Waals surface area (Å²) in [6.07, 6.45) is 2.16. The summed E-state index contributed by atoms with van der Waals surface area (Å²) in [5.74, 6) is 0.0875. The fraction of sp³-hybridized carbons (Fsp3) is 0.286. The molecule has 2 heterocycles. The summed E-state index contributed by atoms with van der Waals surface area (Å²) in [4.78, 5) is 18.0. The molecule has 2 unspecified atom stereocenters. The van der Waals surface area contributed by atoms with Gasteiger partial charge in [0.05, 0.1) is 11.6 Å². The molecule has 1 aliphatic rings. The number of hydrogen-bond acceptors (Lipinski definition) is 3. The largest absolute Gasteiger partial charge is 0.337 e. The molecule has 0 aliphatic carbocycles. The van der Waals surface area contributed by atoms with Crippen LogP contribution < -0.4 is 5.73 Å². The van der Waals surface area contributed by atoms with Gasteiger partial charge in [-0.2, -0.15) is 0 Å². The van der Waals surface area contributed by atoms with Crippen LogP contribution in [0.1, 0.15) is 18.0 Å². The Kier molecular flexibility index (Phi) is 3.03. The fourth-order valence-electron chi connectivity index (χ4n) is 2.74. The lowest BCUT2D eigenvalue weighted by molar-refractivity contribution is -0.127. The molecule has 1 amide bonds. The van der Waals surface area contributed by atoms with Gasteiger partial charge in [-0.1, -0.05) is 28.1 Å². The first-order chi connectivity index (χ1) is 9.09. The van der Waals surface area contributed by atoms with E-state index in [1.54, 1.807) is 18.1 Å². The zero-order valence-corrected chi connectivity index (χ0v) is 12.1. The van der Waals surface area contributed by atoms with Gasteiger partial charge in [-0.25, -0.2) is 0 Å². The molecule has 1 saturated heterocycles. The maximum atomic E-state index is 11.8. The van der Waals surface area contributed by atoms with E-state index in [0.717, 1.165) is 20.9 Å². The normalized spacial score (nSPS) is 23.3. The van der Waals surface area contributed by atoms with Gasteiger partial charge >= 0.3 is 0 Å². The third kappa shape index (κ3) is 1.93. The molecule has 0 radical (unpaired) electrons. The second-order valence-corrected chi connectivity index (χ2v) is 5.71. The van der Waals surface area contributed by atoms with Gasteiger partial charge in [0, 0.05) is 41.1 Å². The monoisotopic (exact) mass is 319 g/mol. The van der Waals surface area contributed by atoms with Crippen LogP contribution >= 0.6 is 15.9 Å². The Morgan fingerprint density at radius 3 is 2.89 bits per heavy atom. The topological polar surface area (TPSA) is 59.2 Å². The van der Waals surface area contributed by atoms with Crippen LogP contribution in [0.2, 0.25) is 0 Å². The van der Waals surface area contributed by atoms with Crippen molar-refractivity contribution in [3.05, 3.63) is 40.5 Å². The van der Waals surface area contributed by atoms with Gasteiger partial charge in [0.15, 0.2) is 0 Å². The quantitative estimate of drug-likeness (QED) is 0.876. The fourth-order valence-corrected chi connectivity index (χ4v) is 3.19. The molecule has 1 aliphatic heterocycles. The highest BCUT2D eigenvalue weighted by atomic mass is 79.9. The number of carbonyl (C=O) groups is 1.